The van der Waals surface area contributed by atoms with E-state index in [2.05, 4.69) is 10.3 Å². The number of rotatable bonds is 4. The van der Waals surface area contributed by atoms with Crippen molar-refractivity contribution in [2.75, 3.05) is 5.32 Å². The van der Waals surface area contributed by atoms with Crippen LogP contribution in [-0.4, -0.2) is 15.9 Å². The van der Waals surface area contributed by atoms with Crippen LogP contribution in [0.1, 0.15) is 20.9 Å². The summed E-state index contributed by atoms with van der Waals surface area (Å²) in [5.41, 5.74) is 6.71. The van der Waals surface area contributed by atoms with Gasteiger partial charge in [-0.2, -0.15) is 0 Å². The van der Waals surface area contributed by atoms with E-state index in [1.54, 1.807) is 31.2 Å². The van der Waals surface area contributed by atoms with Gasteiger partial charge in [-0.3, -0.25) is 4.79 Å². The van der Waals surface area contributed by atoms with Gasteiger partial charge in [0, 0.05) is 10.0 Å². The van der Waals surface area contributed by atoms with Crippen LogP contribution in [0.3, 0.4) is 0 Å². The van der Waals surface area contributed by atoms with E-state index in [0.29, 0.717) is 31.3 Å². The molecule has 0 bridgehead atoms. The largest absolute Gasteiger partial charge is 0.376 e. The molecule has 0 aliphatic carbocycles. The molecule has 0 spiro atoms. The summed E-state index contributed by atoms with van der Waals surface area (Å²) in [7, 11) is 0. The molecule has 0 saturated heterocycles. The van der Waals surface area contributed by atoms with Crippen LogP contribution in [0.4, 0.5) is 5.13 Å². The van der Waals surface area contributed by atoms with Crippen LogP contribution in [0.15, 0.2) is 24.3 Å². The first-order valence-corrected chi connectivity index (χ1v) is 8.06. The molecule has 1 aromatic heterocycles. The minimum absolute atomic E-state index is 0.108. The van der Waals surface area contributed by atoms with E-state index in [1.165, 1.54) is 17.4 Å². The average molecular weight is 372 g/mol. The lowest BCUT2D eigenvalue weighted by atomic mass is 10.2. The fourth-order valence-corrected chi connectivity index (χ4v) is 3.19. The number of carbonyl (C=O) groups is 1. The monoisotopic (exact) mass is 371 g/mol. The first-order chi connectivity index (χ1) is 10.4. The Hall–Kier alpha value is -1.47. The molecule has 0 fully saturated rings. The standard InChI is InChI=1S/C14H11Cl2N3OS2/c1-7-12(22-14(18-7)19-13(17)21)11(20)5-3-8-2-4-9(15)6-10(8)16/h2-6H,1H3,(H3,17,18,19,21). The topological polar surface area (TPSA) is 68.0 Å². The zero-order valence-electron chi connectivity index (χ0n) is 11.4. The highest BCUT2D eigenvalue weighted by Crippen LogP contribution is 2.25. The lowest BCUT2D eigenvalue weighted by Crippen LogP contribution is -2.18. The third-order valence-electron chi connectivity index (χ3n) is 2.63. The second kappa shape index (κ2) is 7.19. The van der Waals surface area contributed by atoms with Gasteiger partial charge in [-0.15, -0.1) is 0 Å². The molecule has 0 aliphatic heterocycles. The number of nitrogens with two attached hydrogens (primary N) is 1. The van der Waals surface area contributed by atoms with Crippen LogP contribution in [0.2, 0.25) is 10.0 Å². The maximum absolute atomic E-state index is 12.2. The minimum Gasteiger partial charge on any atom is -0.376 e. The van der Waals surface area contributed by atoms with Crippen LogP contribution in [-0.2, 0) is 0 Å². The highest BCUT2D eigenvalue weighted by Gasteiger charge is 2.13. The highest BCUT2D eigenvalue weighted by atomic mass is 35.5. The molecule has 0 aliphatic rings. The number of hydrogen-bond donors (Lipinski definition) is 2. The number of thiazole rings is 1. The molecule has 1 heterocycles. The summed E-state index contributed by atoms with van der Waals surface area (Å²) in [4.78, 5) is 17.0. The van der Waals surface area contributed by atoms with Gasteiger partial charge in [0.25, 0.3) is 0 Å². The number of thiocarbonyl (C=S) groups is 1. The Balaban J connectivity index is 2.20. The maximum Gasteiger partial charge on any atom is 0.197 e. The van der Waals surface area contributed by atoms with Crippen molar-refractivity contribution in [3.63, 3.8) is 0 Å². The SMILES string of the molecule is Cc1nc(NC(N)=S)sc1C(=O)C=Cc1ccc(Cl)cc1Cl. The number of hydrogen-bond acceptors (Lipinski definition) is 4. The van der Waals surface area contributed by atoms with Crippen molar-refractivity contribution in [2.45, 2.75) is 6.92 Å². The van der Waals surface area contributed by atoms with Gasteiger partial charge in [-0.1, -0.05) is 40.6 Å². The summed E-state index contributed by atoms with van der Waals surface area (Å²) in [6, 6.07) is 5.07. The molecular formula is C14H11Cl2N3OS2. The van der Waals surface area contributed by atoms with Gasteiger partial charge in [0.1, 0.15) is 0 Å². The predicted molar refractivity (Wildman–Crippen MR) is 97.1 cm³/mol. The second-order valence-corrected chi connectivity index (χ2v) is 6.57. The van der Waals surface area contributed by atoms with Gasteiger partial charge in [-0.25, -0.2) is 4.98 Å². The number of anilines is 1. The molecular weight excluding hydrogens is 361 g/mol. The van der Waals surface area contributed by atoms with Crippen LogP contribution in [0, 0.1) is 6.92 Å². The van der Waals surface area contributed by atoms with Crippen LogP contribution in [0.5, 0.6) is 0 Å². The Kier molecular flexibility index (Phi) is 5.52. The van der Waals surface area contributed by atoms with Gasteiger partial charge in [0.05, 0.1) is 10.6 Å². The van der Waals surface area contributed by atoms with Crippen molar-refractivity contribution in [3.8, 4) is 0 Å². The van der Waals surface area contributed by atoms with Crippen molar-refractivity contribution in [1.82, 2.24) is 4.98 Å². The number of ketones is 1. The number of carbonyl (C=O) groups excluding carboxylic acids is 1. The highest BCUT2D eigenvalue weighted by molar-refractivity contribution is 7.80. The maximum atomic E-state index is 12.2. The minimum atomic E-state index is -0.169. The summed E-state index contributed by atoms with van der Waals surface area (Å²) in [6.45, 7) is 1.75. The molecule has 2 aromatic rings. The Bertz CT molecular complexity index is 771. The van der Waals surface area contributed by atoms with Crippen molar-refractivity contribution in [1.29, 1.82) is 0 Å². The molecule has 114 valence electrons. The molecule has 0 atom stereocenters. The molecule has 0 amide bonds. The fourth-order valence-electron chi connectivity index (χ4n) is 1.66. The molecule has 0 radical (unpaired) electrons. The first kappa shape index (κ1) is 16.9. The van der Waals surface area contributed by atoms with E-state index < -0.39 is 0 Å². The van der Waals surface area contributed by atoms with E-state index in [9.17, 15) is 4.79 Å². The van der Waals surface area contributed by atoms with E-state index >= 15 is 0 Å². The van der Waals surface area contributed by atoms with Crippen molar-refractivity contribution in [2.24, 2.45) is 5.73 Å². The Labute approximate surface area is 147 Å². The molecule has 4 nitrogen and oxygen atoms in total. The number of allylic oxidation sites excluding steroid dienone is 1. The normalized spacial score (nSPS) is 10.9. The van der Waals surface area contributed by atoms with Crippen molar-refractivity contribution < 1.29 is 4.79 Å². The number of nitrogens with one attached hydrogen (secondary N) is 1. The lowest BCUT2D eigenvalue weighted by Gasteiger charge is -1.98. The Morgan fingerprint density at radius 1 is 1.45 bits per heavy atom. The molecule has 22 heavy (non-hydrogen) atoms. The number of nitrogens with zero attached hydrogens (tertiary/aromatic N) is 1. The van der Waals surface area contributed by atoms with Crippen LogP contribution < -0.4 is 11.1 Å². The predicted octanol–water partition coefficient (Wildman–Crippen LogP) is 4.31. The van der Waals surface area contributed by atoms with Crippen molar-refractivity contribution in [3.05, 3.63) is 50.5 Å². The number of aryl methyl sites for hydroxylation is 1. The van der Waals surface area contributed by atoms with Crippen LogP contribution in [0.25, 0.3) is 6.08 Å². The summed E-state index contributed by atoms with van der Waals surface area (Å²) in [6.07, 6.45) is 3.08. The van der Waals surface area contributed by atoms with Crippen molar-refractivity contribution >= 4 is 68.9 Å². The second-order valence-electron chi connectivity index (χ2n) is 4.29. The van der Waals surface area contributed by atoms with E-state index in [-0.39, 0.29) is 10.9 Å². The smallest absolute Gasteiger partial charge is 0.197 e. The Morgan fingerprint density at radius 2 is 2.18 bits per heavy atom. The molecule has 3 N–H and O–H groups in total. The average Bonchev–Trinajstić information content (AvgIpc) is 2.77. The summed E-state index contributed by atoms with van der Waals surface area (Å²) < 4.78 is 0. The zero-order chi connectivity index (χ0) is 16.3. The number of aromatic nitrogens is 1. The third-order valence-corrected chi connectivity index (χ3v) is 4.38. The molecule has 0 unspecified atom stereocenters. The first-order valence-electron chi connectivity index (χ1n) is 6.08. The quantitative estimate of drug-likeness (QED) is 0.476. The number of benzene rings is 1. The zero-order valence-corrected chi connectivity index (χ0v) is 14.5. The molecule has 8 heteroatoms. The number of halogens is 2. The summed E-state index contributed by atoms with van der Waals surface area (Å²) >= 11 is 17.8. The third kappa shape index (κ3) is 4.27. The Morgan fingerprint density at radius 3 is 2.82 bits per heavy atom. The van der Waals surface area contributed by atoms with Gasteiger partial charge in [-0.05, 0) is 49.0 Å². The molecule has 2 rings (SSSR count). The summed E-state index contributed by atoms with van der Waals surface area (Å²) in [5, 5.41) is 4.34. The van der Waals surface area contributed by atoms with Gasteiger partial charge >= 0.3 is 0 Å². The van der Waals surface area contributed by atoms with E-state index in [4.69, 9.17) is 41.2 Å². The summed E-state index contributed by atoms with van der Waals surface area (Å²) in [5.74, 6) is -0.169. The van der Waals surface area contributed by atoms with E-state index in [0.717, 1.165) is 0 Å². The molecule has 1 aromatic carbocycles. The fraction of sp³-hybridized carbons (Fsp3) is 0.0714. The van der Waals surface area contributed by atoms with Gasteiger partial charge in [0.15, 0.2) is 16.0 Å². The molecule has 0 saturated carbocycles. The lowest BCUT2D eigenvalue weighted by molar-refractivity contribution is 0.105. The van der Waals surface area contributed by atoms with Crippen LogP contribution >= 0.6 is 46.8 Å². The van der Waals surface area contributed by atoms with E-state index in [1.807, 2.05) is 0 Å². The van der Waals surface area contributed by atoms with Gasteiger partial charge in [0.2, 0.25) is 0 Å². The van der Waals surface area contributed by atoms with Gasteiger partial charge < -0.3 is 11.1 Å².